The van der Waals surface area contributed by atoms with Gasteiger partial charge in [-0.25, -0.2) is 0 Å². The number of nitrogens with one attached hydrogen (secondary N) is 1. The molecule has 0 spiro atoms. The van der Waals surface area contributed by atoms with Crippen LogP contribution in [0.2, 0.25) is 0 Å². The Labute approximate surface area is 144 Å². The van der Waals surface area contributed by atoms with Gasteiger partial charge in [0.25, 0.3) is 5.91 Å². The van der Waals surface area contributed by atoms with Crippen LogP contribution in [-0.4, -0.2) is 29.9 Å². The average molecular weight is 348 g/mol. The van der Waals surface area contributed by atoms with Crippen molar-refractivity contribution in [3.8, 4) is 0 Å². The van der Waals surface area contributed by atoms with Crippen LogP contribution in [0.1, 0.15) is 28.8 Å². The van der Waals surface area contributed by atoms with Crippen molar-refractivity contribution in [2.75, 3.05) is 18.4 Å². The second-order valence-corrected chi connectivity index (χ2v) is 6.14. The van der Waals surface area contributed by atoms with Crippen LogP contribution in [-0.2, 0) is 6.18 Å². The fourth-order valence-corrected chi connectivity index (χ4v) is 3.14. The SMILES string of the molecule is O=C(c1ccccc1C(F)(F)F)N1CCC[C@@H](Nc2ccccc2)C1. The van der Waals surface area contributed by atoms with E-state index >= 15 is 0 Å². The first-order chi connectivity index (χ1) is 11.9. The van der Waals surface area contributed by atoms with Gasteiger partial charge >= 0.3 is 6.18 Å². The Kier molecular flexibility index (Phi) is 4.97. The number of anilines is 1. The summed E-state index contributed by atoms with van der Waals surface area (Å²) in [5, 5.41) is 3.35. The number of alkyl halides is 3. The van der Waals surface area contributed by atoms with Crippen LogP contribution in [0.5, 0.6) is 0 Å². The van der Waals surface area contributed by atoms with Crippen molar-refractivity contribution in [2.45, 2.75) is 25.1 Å². The van der Waals surface area contributed by atoms with Crippen LogP contribution >= 0.6 is 0 Å². The van der Waals surface area contributed by atoms with Crippen LogP contribution in [0.3, 0.4) is 0 Å². The summed E-state index contributed by atoms with van der Waals surface area (Å²) in [6.45, 7) is 0.859. The van der Waals surface area contributed by atoms with Gasteiger partial charge in [-0.3, -0.25) is 4.79 Å². The van der Waals surface area contributed by atoms with Gasteiger partial charge in [0.1, 0.15) is 0 Å². The summed E-state index contributed by atoms with van der Waals surface area (Å²) >= 11 is 0. The summed E-state index contributed by atoms with van der Waals surface area (Å²) < 4.78 is 39.5. The molecule has 2 aromatic carbocycles. The maximum Gasteiger partial charge on any atom is 0.417 e. The molecule has 1 N–H and O–H groups in total. The molecule has 6 heteroatoms. The minimum absolute atomic E-state index is 0.0261. The van der Waals surface area contributed by atoms with Gasteiger partial charge in [0, 0.05) is 24.8 Å². The molecule has 1 fully saturated rings. The van der Waals surface area contributed by atoms with Gasteiger partial charge in [-0.2, -0.15) is 13.2 Å². The third-order valence-corrected chi connectivity index (χ3v) is 4.32. The van der Waals surface area contributed by atoms with Crippen LogP contribution < -0.4 is 5.32 Å². The van der Waals surface area contributed by atoms with E-state index in [1.54, 1.807) is 0 Å². The number of piperidine rings is 1. The number of para-hydroxylation sites is 1. The molecule has 1 aliphatic heterocycles. The molecule has 3 rings (SSSR count). The second kappa shape index (κ2) is 7.17. The van der Waals surface area contributed by atoms with Gasteiger partial charge in [0.05, 0.1) is 11.1 Å². The maximum absolute atomic E-state index is 13.2. The normalized spacial score (nSPS) is 18.0. The van der Waals surface area contributed by atoms with Crippen molar-refractivity contribution < 1.29 is 18.0 Å². The summed E-state index contributed by atoms with van der Waals surface area (Å²) in [5.74, 6) is -0.563. The monoisotopic (exact) mass is 348 g/mol. The molecule has 0 bridgehead atoms. The topological polar surface area (TPSA) is 32.3 Å². The van der Waals surface area contributed by atoms with Crippen LogP contribution in [0.25, 0.3) is 0 Å². The highest BCUT2D eigenvalue weighted by atomic mass is 19.4. The predicted molar refractivity (Wildman–Crippen MR) is 90.4 cm³/mol. The molecule has 1 aliphatic rings. The molecular weight excluding hydrogens is 329 g/mol. The maximum atomic E-state index is 13.2. The number of amides is 1. The number of hydrogen-bond donors (Lipinski definition) is 1. The van der Waals surface area contributed by atoms with Crippen molar-refractivity contribution in [2.24, 2.45) is 0 Å². The third kappa shape index (κ3) is 4.13. The first kappa shape index (κ1) is 17.3. The van der Waals surface area contributed by atoms with Gasteiger partial charge in [0.15, 0.2) is 0 Å². The molecule has 0 aliphatic carbocycles. The molecule has 1 saturated heterocycles. The zero-order valence-corrected chi connectivity index (χ0v) is 13.6. The molecule has 0 aromatic heterocycles. The number of carbonyl (C=O) groups is 1. The number of benzene rings is 2. The second-order valence-electron chi connectivity index (χ2n) is 6.14. The number of carbonyl (C=O) groups excluding carboxylic acids is 1. The number of nitrogens with zero attached hydrogens (tertiary/aromatic N) is 1. The Balaban J connectivity index is 1.75. The zero-order valence-electron chi connectivity index (χ0n) is 13.6. The van der Waals surface area contributed by atoms with Gasteiger partial charge in [-0.1, -0.05) is 30.3 Å². The first-order valence-electron chi connectivity index (χ1n) is 8.22. The lowest BCUT2D eigenvalue weighted by atomic mass is 10.0. The van der Waals surface area contributed by atoms with Gasteiger partial charge in [-0.05, 0) is 37.1 Å². The summed E-state index contributed by atoms with van der Waals surface area (Å²) in [7, 11) is 0. The average Bonchev–Trinajstić information content (AvgIpc) is 2.61. The quantitative estimate of drug-likeness (QED) is 0.890. The lowest BCUT2D eigenvalue weighted by Crippen LogP contribution is -2.45. The predicted octanol–water partition coefficient (Wildman–Crippen LogP) is 4.42. The van der Waals surface area contributed by atoms with Crippen molar-refractivity contribution in [1.29, 1.82) is 0 Å². The fraction of sp³-hybridized carbons (Fsp3) is 0.316. The summed E-state index contributed by atoms with van der Waals surface area (Å²) in [5.41, 5.74) is -0.217. The lowest BCUT2D eigenvalue weighted by Gasteiger charge is -2.34. The molecule has 1 amide bonds. The highest BCUT2D eigenvalue weighted by molar-refractivity contribution is 5.96. The minimum atomic E-state index is -4.54. The standard InChI is InChI=1S/C19H19F3N2O/c20-19(21,22)17-11-5-4-10-16(17)18(25)24-12-6-9-15(13-24)23-14-7-2-1-3-8-14/h1-5,7-8,10-11,15,23H,6,9,12-13H2/t15-/m1/s1. The zero-order chi connectivity index (χ0) is 17.9. The molecule has 0 unspecified atom stereocenters. The molecule has 1 heterocycles. The van der Waals surface area contributed by atoms with E-state index in [0.29, 0.717) is 13.1 Å². The largest absolute Gasteiger partial charge is 0.417 e. The molecule has 25 heavy (non-hydrogen) atoms. The Morgan fingerprint density at radius 2 is 1.72 bits per heavy atom. The van der Waals surface area contributed by atoms with E-state index in [1.807, 2.05) is 30.3 Å². The summed E-state index contributed by atoms with van der Waals surface area (Å²) in [4.78, 5) is 14.2. The molecule has 1 atom stereocenters. The van der Waals surface area contributed by atoms with Crippen molar-refractivity contribution in [1.82, 2.24) is 4.90 Å². The van der Waals surface area contributed by atoms with Gasteiger partial charge < -0.3 is 10.2 Å². The molecule has 3 nitrogen and oxygen atoms in total. The van der Waals surface area contributed by atoms with E-state index < -0.39 is 17.6 Å². The fourth-order valence-electron chi connectivity index (χ4n) is 3.14. The third-order valence-electron chi connectivity index (χ3n) is 4.32. The number of likely N-dealkylation sites (tertiary alicyclic amines) is 1. The van der Waals surface area contributed by atoms with Gasteiger partial charge in [-0.15, -0.1) is 0 Å². The van der Waals surface area contributed by atoms with E-state index in [4.69, 9.17) is 0 Å². The van der Waals surface area contributed by atoms with Crippen LogP contribution in [0, 0.1) is 0 Å². The smallest absolute Gasteiger partial charge is 0.381 e. The Hall–Kier alpha value is -2.50. The van der Waals surface area contributed by atoms with Gasteiger partial charge in [0.2, 0.25) is 0 Å². The Morgan fingerprint density at radius 1 is 1.04 bits per heavy atom. The van der Waals surface area contributed by atoms with Crippen molar-refractivity contribution >= 4 is 11.6 Å². The highest BCUT2D eigenvalue weighted by Gasteiger charge is 2.36. The van der Waals surface area contributed by atoms with Crippen molar-refractivity contribution in [3.05, 3.63) is 65.7 Å². The molecule has 132 valence electrons. The minimum Gasteiger partial charge on any atom is -0.381 e. The van der Waals surface area contributed by atoms with E-state index in [9.17, 15) is 18.0 Å². The molecular formula is C19H19F3N2O. The van der Waals surface area contributed by atoms with E-state index in [2.05, 4.69) is 5.32 Å². The number of rotatable bonds is 3. The molecule has 0 saturated carbocycles. The van der Waals surface area contributed by atoms with E-state index in [0.717, 1.165) is 24.6 Å². The molecule has 2 aromatic rings. The van der Waals surface area contributed by atoms with Crippen LogP contribution in [0.15, 0.2) is 54.6 Å². The number of halogens is 3. The first-order valence-corrected chi connectivity index (χ1v) is 8.22. The summed E-state index contributed by atoms with van der Waals surface area (Å²) in [6.07, 6.45) is -2.91. The van der Waals surface area contributed by atoms with E-state index in [-0.39, 0.29) is 11.6 Å². The Bertz CT molecular complexity index is 731. The van der Waals surface area contributed by atoms with E-state index in [1.165, 1.54) is 23.1 Å². The number of hydrogen-bond acceptors (Lipinski definition) is 2. The summed E-state index contributed by atoms with van der Waals surface area (Å²) in [6, 6.07) is 14.6. The Morgan fingerprint density at radius 3 is 2.44 bits per heavy atom. The lowest BCUT2D eigenvalue weighted by molar-refractivity contribution is -0.138. The van der Waals surface area contributed by atoms with Crippen LogP contribution in [0.4, 0.5) is 18.9 Å². The van der Waals surface area contributed by atoms with Crippen molar-refractivity contribution in [3.63, 3.8) is 0 Å². The highest BCUT2D eigenvalue weighted by Crippen LogP contribution is 2.32. The molecule has 0 radical (unpaired) electrons.